The third-order valence-electron chi connectivity index (χ3n) is 1.86. The van der Waals surface area contributed by atoms with E-state index in [0.29, 0.717) is 5.69 Å². The van der Waals surface area contributed by atoms with Gasteiger partial charge in [0.15, 0.2) is 5.43 Å². The summed E-state index contributed by atoms with van der Waals surface area (Å²) >= 11 is 0. The van der Waals surface area contributed by atoms with E-state index in [-0.39, 0.29) is 12.3 Å². The second-order valence-electron chi connectivity index (χ2n) is 3.09. The van der Waals surface area contributed by atoms with Gasteiger partial charge in [0.2, 0.25) is 0 Å². The Labute approximate surface area is 90.9 Å². The molecular weight excluding hydrogens is 214 g/mol. The fourth-order valence-corrected chi connectivity index (χ4v) is 1.26. The summed E-state index contributed by atoms with van der Waals surface area (Å²) in [6.45, 7) is 3.25. The lowest BCUT2D eigenvalue weighted by atomic mass is 10.1. The largest absolute Gasteiger partial charge is 0.477 e. The van der Waals surface area contributed by atoms with E-state index in [2.05, 4.69) is 9.72 Å². The molecule has 0 aliphatic carbocycles. The number of carboxylic acid groups (broad SMARTS) is 1. The molecule has 86 valence electrons. The first-order chi connectivity index (χ1) is 7.47. The third kappa shape index (κ3) is 2.28. The van der Waals surface area contributed by atoms with E-state index in [1.165, 1.54) is 0 Å². The Balaban J connectivity index is 3.41. The van der Waals surface area contributed by atoms with Crippen LogP contribution in [0.3, 0.4) is 0 Å². The van der Waals surface area contributed by atoms with Crippen molar-refractivity contribution < 1.29 is 19.4 Å². The highest BCUT2D eigenvalue weighted by molar-refractivity contribution is 6.00. The molecule has 0 radical (unpaired) electrons. The summed E-state index contributed by atoms with van der Waals surface area (Å²) in [6, 6.07) is 1.12. The maximum Gasteiger partial charge on any atom is 0.355 e. The number of rotatable bonds is 3. The maximum absolute atomic E-state index is 11.4. The van der Waals surface area contributed by atoms with Gasteiger partial charge in [0.25, 0.3) is 0 Å². The molecule has 0 fully saturated rings. The van der Waals surface area contributed by atoms with E-state index in [0.717, 1.165) is 6.07 Å². The van der Waals surface area contributed by atoms with Crippen LogP contribution in [0.2, 0.25) is 0 Å². The molecule has 0 saturated heterocycles. The second kappa shape index (κ2) is 4.61. The first-order valence-electron chi connectivity index (χ1n) is 4.61. The van der Waals surface area contributed by atoms with Gasteiger partial charge in [-0.15, -0.1) is 0 Å². The molecule has 0 bridgehead atoms. The van der Waals surface area contributed by atoms with Crippen LogP contribution in [-0.2, 0) is 4.74 Å². The first-order valence-corrected chi connectivity index (χ1v) is 4.61. The van der Waals surface area contributed by atoms with E-state index >= 15 is 0 Å². The molecule has 6 heteroatoms. The number of carbonyl (C=O) groups is 2. The molecule has 0 unspecified atom stereocenters. The normalized spacial score (nSPS) is 9.88. The van der Waals surface area contributed by atoms with E-state index in [4.69, 9.17) is 5.11 Å². The summed E-state index contributed by atoms with van der Waals surface area (Å²) < 4.78 is 4.66. The predicted octanol–water partition coefficient (Wildman–Crippen LogP) is 0.558. The van der Waals surface area contributed by atoms with E-state index in [1.54, 1.807) is 13.8 Å². The minimum absolute atomic E-state index is 0.105. The van der Waals surface area contributed by atoms with Crippen LogP contribution in [0.25, 0.3) is 0 Å². The number of aromatic carboxylic acids is 1. The van der Waals surface area contributed by atoms with Crippen molar-refractivity contribution in [3.63, 3.8) is 0 Å². The summed E-state index contributed by atoms with van der Waals surface area (Å²) in [5.74, 6) is -2.30. The van der Waals surface area contributed by atoms with E-state index < -0.39 is 22.9 Å². The minimum Gasteiger partial charge on any atom is -0.477 e. The van der Waals surface area contributed by atoms with Crippen LogP contribution in [0.1, 0.15) is 33.5 Å². The van der Waals surface area contributed by atoms with Crippen molar-refractivity contribution in [2.45, 2.75) is 13.8 Å². The average Bonchev–Trinajstić information content (AvgIpc) is 2.15. The highest BCUT2D eigenvalue weighted by atomic mass is 16.5. The van der Waals surface area contributed by atoms with Gasteiger partial charge in [-0.1, -0.05) is 0 Å². The van der Waals surface area contributed by atoms with E-state index in [1.807, 2.05) is 0 Å². The topological polar surface area (TPSA) is 96.5 Å². The van der Waals surface area contributed by atoms with Gasteiger partial charge in [0.05, 0.1) is 6.61 Å². The smallest absolute Gasteiger partial charge is 0.355 e. The molecule has 0 atom stereocenters. The average molecular weight is 225 g/mol. The number of nitrogens with one attached hydrogen (secondary N) is 1. The zero-order valence-electron chi connectivity index (χ0n) is 8.86. The van der Waals surface area contributed by atoms with Crippen molar-refractivity contribution in [2.24, 2.45) is 0 Å². The molecule has 16 heavy (non-hydrogen) atoms. The molecule has 0 aliphatic rings. The Morgan fingerprint density at radius 3 is 2.62 bits per heavy atom. The number of pyridine rings is 1. The fraction of sp³-hybridized carbons (Fsp3) is 0.300. The number of hydrogen-bond donors (Lipinski definition) is 2. The molecule has 0 aromatic carbocycles. The molecule has 0 aliphatic heterocycles. The van der Waals surface area contributed by atoms with Crippen LogP contribution in [-0.4, -0.2) is 28.6 Å². The molecule has 0 saturated carbocycles. The van der Waals surface area contributed by atoms with Crippen molar-refractivity contribution in [2.75, 3.05) is 6.61 Å². The van der Waals surface area contributed by atoms with Gasteiger partial charge in [-0.05, 0) is 13.8 Å². The fourth-order valence-electron chi connectivity index (χ4n) is 1.26. The Bertz CT molecular complexity index is 488. The van der Waals surface area contributed by atoms with Crippen molar-refractivity contribution in [3.05, 3.63) is 33.2 Å². The number of ether oxygens (including phenoxy) is 1. The lowest BCUT2D eigenvalue weighted by Gasteiger charge is -2.06. The predicted molar refractivity (Wildman–Crippen MR) is 54.7 cm³/mol. The summed E-state index contributed by atoms with van der Waals surface area (Å²) in [5.41, 5.74) is -1.23. The maximum atomic E-state index is 11.4. The van der Waals surface area contributed by atoms with Crippen molar-refractivity contribution in [3.8, 4) is 0 Å². The lowest BCUT2D eigenvalue weighted by Crippen LogP contribution is -2.23. The number of H-pyrrole nitrogens is 1. The van der Waals surface area contributed by atoms with Crippen molar-refractivity contribution in [1.29, 1.82) is 0 Å². The molecule has 0 amide bonds. The highest BCUT2D eigenvalue weighted by Gasteiger charge is 2.21. The number of esters is 1. The quantitative estimate of drug-likeness (QED) is 0.732. The molecular formula is C10H11NO5. The summed E-state index contributed by atoms with van der Waals surface area (Å²) in [6.07, 6.45) is 0. The SMILES string of the molecule is CCOC(=O)c1[nH]c(C)cc(=O)c1C(=O)O. The molecule has 1 aromatic heterocycles. The number of aromatic amines is 1. The molecule has 1 aromatic rings. The Kier molecular flexibility index (Phi) is 3.44. The van der Waals surface area contributed by atoms with Gasteiger partial charge in [-0.3, -0.25) is 4.79 Å². The number of aromatic nitrogens is 1. The Morgan fingerprint density at radius 2 is 2.12 bits per heavy atom. The Morgan fingerprint density at radius 1 is 1.50 bits per heavy atom. The van der Waals surface area contributed by atoms with Gasteiger partial charge in [0.1, 0.15) is 11.3 Å². The van der Waals surface area contributed by atoms with Gasteiger partial charge >= 0.3 is 11.9 Å². The van der Waals surface area contributed by atoms with Crippen LogP contribution in [0.15, 0.2) is 10.9 Å². The van der Waals surface area contributed by atoms with Gasteiger partial charge < -0.3 is 14.8 Å². The molecule has 0 spiro atoms. The Hall–Kier alpha value is -2.11. The molecule has 2 N–H and O–H groups in total. The van der Waals surface area contributed by atoms with Crippen LogP contribution >= 0.6 is 0 Å². The van der Waals surface area contributed by atoms with Gasteiger partial charge in [0, 0.05) is 11.8 Å². The zero-order chi connectivity index (χ0) is 12.3. The zero-order valence-corrected chi connectivity index (χ0v) is 8.86. The van der Waals surface area contributed by atoms with Gasteiger partial charge in [-0.2, -0.15) is 0 Å². The third-order valence-corrected chi connectivity index (χ3v) is 1.86. The molecule has 6 nitrogen and oxygen atoms in total. The number of hydrogen-bond acceptors (Lipinski definition) is 4. The number of carbonyl (C=O) groups excluding carboxylic acids is 1. The minimum atomic E-state index is -1.45. The van der Waals surface area contributed by atoms with E-state index in [9.17, 15) is 14.4 Å². The van der Waals surface area contributed by atoms with Crippen LogP contribution in [0, 0.1) is 6.92 Å². The van der Waals surface area contributed by atoms with Gasteiger partial charge in [-0.25, -0.2) is 9.59 Å². The molecule has 1 heterocycles. The van der Waals surface area contributed by atoms with Crippen LogP contribution in [0.5, 0.6) is 0 Å². The number of aryl methyl sites for hydroxylation is 1. The highest BCUT2D eigenvalue weighted by Crippen LogP contribution is 2.05. The second-order valence-corrected chi connectivity index (χ2v) is 3.09. The van der Waals surface area contributed by atoms with Crippen molar-refractivity contribution in [1.82, 2.24) is 4.98 Å². The summed E-state index contributed by atoms with van der Waals surface area (Å²) in [4.78, 5) is 36.2. The van der Waals surface area contributed by atoms with Crippen LogP contribution < -0.4 is 5.43 Å². The standard InChI is InChI=1S/C10H11NO5/c1-3-16-10(15)8-7(9(13)14)6(12)4-5(2)11-8/h4H,3H2,1-2H3,(H,11,12)(H,13,14). The summed E-state index contributed by atoms with van der Waals surface area (Å²) in [5, 5.41) is 8.83. The first kappa shape index (κ1) is 12.0. The number of carboxylic acids is 1. The lowest BCUT2D eigenvalue weighted by molar-refractivity contribution is 0.0506. The monoisotopic (exact) mass is 225 g/mol. The molecule has 1 rings (SSSR count). The summed E-state index contributed by atoms with van der Waals surface area (Å²) in [7, 11) is 0. The van der Waals surface area contributed by atoms with Crippen molar-refractivity contribution >= 4 is 11.9 Å². The van der Waals surface area contributed by atoms with Crippen LogP contribution in [0.4, 0.5) is 0 Å².